The zero-order chi connectivity index (χ0) is 20.9. The molecule has 0 bridgehead atoms. The first-order valence-corrected chi connectivity index (χ1v) is 9.75. The van der Waals surface area contributed by atoms with Crippen LogP contribution in [-0.2, 0) is 16.0 Å². The molecular weight excluding hydrogens is 374 g/mol. The molecule has 1 aliphatic heterocycles. The first-order chi connectivity index (χ1) is 14.1. The zero-order valence-corrected chi connectivity index (χ0v) is 16.1. The second-order valence-corrected chi connectivity index (χ2v) is 7.65. The highest BCUT2D eigenvalue weighted by molar-refractivity contribution is 5.77. The van der Waals surface area contributed by atoms with Crippen LogP contribution in [0.5, 0.6) is 0 Å². The number of aliphatic hydroxyl groups excluding tert-OH is 2. The fourth-order valence-corrected chi connectivity index (χ4v) is 4.77. The maximum absolute atomic E-state index is 12.6. The summed E-state index contributed by atoms with van der Waals surface area (Å²) < 4.78 is 0. The van der Waals surface area contributed by atoms with Gasteiger partial charge in [-0.25, -0.2) is 0 Å². The zero-order valence-electron chi connectivity index (χ0n) is 16.1. The number of aryl methyl sites for hydroxylation is 1. The summed E-state index contributed by atoms with van der Waals surface area (Å²) in [7, 11) is 0. The minimum atomic E-state index is -0.581. The molecule has 156 valence electrons. The summed E-state index contributed by atoms with van der Waals surface area (Å²) in [4.78, 5) is 22.7. The summed E-state index contributed by atoms with van der Waals surface area (Å²) >= 11 is 0. The molecule has 1 aromatic heterocycles. The van der Waals surface area contributed by atoms with Crippen LogP contribution in [0.25, 0.3) is 0 Å². The Labute approximate surface area is 169 Å². The Morgan fingerprint density at radius 1 is 1.34 bits per heavy atom. The summed E-state index contributed by atoms with van der Waals surface area (Å²) in [5.74, 6) is 0.218. The first kappa shape index (κ1) is 21.0. The van der Waals surface area contributed by atoms with Gasteiger partial charge in [-0.05, 0) is 35.8 Å². The second kappa shape index (κ2) is 9.19. The Hall–Kier alpha value is -2.71. The van der Waals surface area contributed by atoms with Crippen LogP contribution < -0.4 is 0 Å². The van der Waals surface area contributed by atoms with Crippen LogP contribution in [0.1, 0.15) is 29.9 Å². The number of nitrogens with zero attached hydrogens (tertiary/aromatic N) is 2. The van der Waals surface area contributed by atoms with Crippen molar-refractivity contribution < 1.29 is 24.9 Å². The quantitative estimate of drug-likeness (QED) is 0.536. The van der Waals surface area contributed by atoms with Crippen molar-refractivity contribution in [3.05, 3.63) is 53.9 Å². The van der Waals surface area contributed by atoms with Crippen LogP contribution >= 0.6 is 0 Å². The minimum absolute atomic E-state index is 0.0173. The van der Waals surface area contributed by atoms with Crippen molar-refractivity contribution in [2.24, 2.45) is 11.3 Å². The van der Waals surface area contributed by atoms with Gasteiger partial charge in [0.15, 0.2) is 0 Å². The monoisotopic (exact) mass is 401 g/mol. The van der Waals surface area contributed by atoms with Gasteiger partial charge in [-0.2, -0.15) is 5.10 Å². The van der Waals surface area contributed by atoms with E-state index in [0.29, 0.717) is 19.5 Å². The largest absolute Gasteiger partial charge is 0.483 e. The van der Waals surface area contributed by atoms with Gasteiger partial charge in [-0.1, -0.05) is 30.3 Å². The number of rotatable bonds is 6. The highest BCUT2D eigenvalue weighted by Crippen LogP contribution is 2.68. The molecule has 2 fully saturated rings. The number of aromatic amines is 1. The van der Waals surface area contributed by atoms with Crippen LogP contribution in [0.15, 0.2) is 42.7 Å². The van der Waals surface area contributed by atoms with E-state index in [1.165, 1.54) is 0 Å². The average molecular weight is 401 g/mol. The van der Waals surface area contributed by atoms with Crippen molar-refractivity contribution in [1.29, 1.82) is 0 Å². The number of hydrogen-bond acceptors (Lipinski definition) is 5. The first-order valence-electron chi connectivity index (χ1n) is 9.75. The molecule has 1 spiro atoms. The number of hydrogen-bond donors (Lipinski definition) is 4. The molecule has 0 radical (unpaired) electrons. The molecule has 1 saturated carbocycles. The number of H-pyrrole nitrogens is 1. The van der Waals surface area contributed by atoms with Crippen molar-refractivity contribution in [3.8, 4) is 0 Å². The Morgan fingerprint density at radius 3 is 2.69 bits per heavy atom. The van der Waals surface area contributed by atoms with Crippen molar-refractivity contribution in [1.82, 2.24) is 15.1 Å². The number of amides is 1. The van der Waals surface area contributed by atoms with Crippen molar-refractivity contribution in [2.45, 2.75) is 31.3 Å². The summed E-state index contributed by atoms with van der Waals surface area (Å²) in [6.45, 7) is 0.688. The smallest absolute Gasteiger partial charge is 0.290 e. The molecule has 1 aliphatic carbocycles. The summed E-state index contributed by atoms with van der Waals surface area (Å²) in [6, 6.07) is 10.0. The van der Waals surface area contributed by atoms with E-state index in [0.717, 1.165) is 24.0 Å². The number of β-amino-alcohol motifs (C(OH)–C–C–N with tert-alkyl or cyclic N) is 1. The highest BCUT2D eigenvalue weighted by Gasteiger charge is 2.71. The number of likely N-dealkylation sites (tertiary alicyclic amines) is 1. The molecule has 1 amide bonds. The summed E-state index contributed by atoms with van der Waals surface area (Å²) in [6.07, 6.45) is 5.09. The molecule has 4 rings (SSSR count). The number of nitrogens with one attached hydrogen (secondary N) is 1. The second-order valence-electron chi connectivity index (χ2n) is 7.65. The van der Waals surface area contributed by atoms with E-state index in [4.69, 9.17) is 9.90 Å². The molecule has 2 aromatic rings. The molecule has 0 unspecified atom stereocenters. The van der Waals surface area contributed by atoms with Crippen LogP contribution in [0.2, 0.25) is 0 Å². The van der Waals surface area contributed by atoms with Crippen LogP contribution in [0.3, 0.4) is 0 Å². The van der Waals surface area contributed by atoms with E-state index in [1.54, 1.807) is 11.1 Å². The third-order valence-electron chi connectivity index (χ3n) is 6.16. The minimum Gasteiger partial charge on any atom is -0.483 e. The standard InChI is InChI=1S/C20H25N3O3.CH2O2/c24-12-16-19(15-6-2-1-3-7-15)20(16)13-23(11-17(20)25)18(26)8-4-5-14-9-21-22-10-14;2-1-3/h1-3,6-7,9-10,16-17,19,24-25H,4-5,8,11-13H2,(H,21,22);1H,(H,2,3)/t16-,17-,19-,20-;/m1./s1. The number of aromatic nitrogens is 2. The van der Waals surface area contributed by atoms with Crippen molar-refractivity contribution >= 4 is 12.4 Å². The lowest BCUT2D eigenvalue weighted by molar-refractivity contribution is -0.130. The maximum Gasteiger partial charge on any atom is 0.290 e. The van der Waals surface area contributed by atoms with E-state index in [-0.39, 0.29) is 30.8 Å². The van der Waals surface area contributed by atoms with E-state index in [2.05, 4.69) is 10.2 Å². The number of aliphatic hydroxyl groups is 2. The van der Waals surface area contributed by atoms with Gasteiger partial charge in [0.1, 0.15) is 0 Å². The van der Waals surface area contributed by atoms with Gasteiger partial charge in [0.05, 0.1) is 12.3 Å². The van der Waals surface area contributed by atoms with Crippen molar-refractivity contribution in [3.63, 3.8) is 0 Å². The van der Waals surface area contributed by atoms with E-state index in [1.807, 2.05) is 36.5 Å². The average Bonchev–Trinajstić information content (AvgIpc) is 2.99. The summed E-state index contributed by atoms with van der Waals surface area (Å²) in [5.41, 5.74) is 1.85. The topological polar surface area (TPSA) is 127 Å². The van der Waals surface area contributed by atoms with Gasteiger partial charge in [0.2, 0.25) is 5.91 Å². The molecule has 2 heterocycles. The highest BCUT2D eigenvalue weighted by atomic mass is 16.3. The van der Waals surface area contributed by atoms with Gasteiger partial charge in [-0.3, -0.25) is 14.7 Å². The fraction of sp³-hybridized carbons (Fsp3) is 0.476. The third kappa shape index (κ3) is 4.18. The molecule has 8 nitrogen and oxygen atoms in total. The number of carbonyl (C=O) groups excluding carboxylic acids is 1. The van der Waals surface area contributed by atoms with E-state index < -0.39 is 11.5 Å². The van der Waals surface area contributed by atoms with Gasteiger partial charge in [0.25, 0.3) is 6.47 Å². The van der Waals surface area contributed by atoms with E-state index in [9.17, 15) is 15.0 Å². The van der Waals surface area contributed by atoms with Gasteiger partial charge in [-0.15, -0.1) is 0 Å². The third-order valence-corrected chi connectivity index (χ3v) is 6.16. The van der Waals surface area contributed by atoms with Crippen LogP contribution in [-0.4, -0.2) is 68.6 Å². The predicted molar refractivity (Wildman–Crippen MR) is 105 cm³/mol. The SMILES string of the molecule is O=C(CCCc1cn[nH]c1)N1C[C@@H](O)[C@@]2(C1)[C@H](CO)[C@H]2c1ccccc1.O=CO. The normalized spacial score (nSPS) is 27.4. The fourth-order valence-electron chi connectivity index (χ4n) is 4.77. The molecule has 4 N–H and O–H groups in total. The van der Waals surface area contributed by atoms with Crippen LogP contribution in [0.4, 0.5) is 0 Å². The lowest BCUT2D eigenvalue weighted by atomic mass is 9.95. The molecule has 1 aromatic carbocycles. The predicted octanol–water partition coefficient (Wildman–Crippen LogP) is 1.03. The number of carbonyl (C=O) groups is 2. The molecule has 29 heavy (non-hydrogen) atoms. The maximum atomic E-state index is 12.6. The van der Waals surface area contributed by atoms with Crippen molar-refractivity contribution in [2.75, 3.05) is 19.7 Å². The summed E-state index contributed by atoms with van der Waals surface area (Å²) in [5, 5.41) is 34.1. The molecule has 2 aliphatic rings. The molecular formula is C21H27N3O5. The van der Waals surface area contributed by atoms with E-state index >= 15 is 0 Å². The number of benzene rings is 1. The Bertz CT molecular complexity index is 798. The lowest BCUT2D eigenvalue weighted by Gasteiger charge is -2.16. The number of carboxylic acid groups (broad SMARTS) is 1. The van der Waals surface area contributed by atoms with Gasteiger partial charge < -0.3 is 20.2 Å². The molecule has 1 saturated heterocycles. The van der Waals surface area contributed by atoms with Crippen LogP contribution in [0, 0.1) is 11.3 Å². The molecule has 4 atom stereocenters. The van der Waals surface area contributed by atoms with Gasteiger partial charge in [0, 0.05) is 37.7 Å². The Balaban J connectivity index is 0.000000755. The van der Waals surface area contributed by atoms with Gasteiger partial charge >= 0.3 is 0 Å². The Kier molecular flexibility index (Phi) is 6.66. The molecule has 8 heteroatoms. The lowest BCUT2D eigenvalue weighted by Crippen LogP contribution is -2.29. The Morgan fingerprint density at radius 2 is 2.07 bits per heavy atom.